The summed E-state index contributed by atoms with van der Waals surface area (Å²) in [6.07, 6.45) is -10.7. The Labute approximate surface area is 108 Å². The van der Waals surface area contributed by atoms with E-state index in [9.17, 15) is 35.9 Å². The number of methoxy groups -OCH3 is 1. The molecule has 0 unspecified atom stereocenters. The van der Waals surface area contributed by atoms with Gasteiger partial charge in [0.25, 0.3) is 0 Å². The van der Waals surface area contributed by atoms with Gasteiger partial charge in [-0.15, -0.1) is 0 Å². The Morgan fingerprint density at radius 3 is 1.70 bits per heavy atom. The lowest BCUT2D eigenvalue weighted by Gasteiger charge is -2.17. The molecule has 0 aliphatic carbocycles. The molecule has 0 aliphatic rings. The van der Waals surface area contributed by atoms with Crippen LogP contribution in [0.1, 0.15) is 31.8 Å². The molecule has 1 aromatic rings. The van der Waals surface area contributed by atoms with Crippen molar-refractivity contribution in [1.29, 1.82) is 0 Å². The smallest absolute Gasteiger partial charge is 0.417 e. The zero-order valence-electron chi connectivity index (χ0n) is 9.72. The van der Waals surface area contributed by atoms with Crippen molar-refractivity contribution in [3.8, 4) is 0 Å². The minimum absolute atomic E-state index is 0.161. The van der Waals surface area contributed by atoms with Crippen molar-refractivity contribution >= 4 is 12.3 Å². The summed E-state index contributed by atoms with van der Waals surface area (Å²) in [5.41, 5.74) is -6.27. The molecule has 0 amide bonds. The summed E-state index contributed by atoms with van der Waals surface area (Å²) in [5.74, 6) is -1.79. The van der Waals surface area contributed by atoms with Crippen molar-refractivity contribution in [2.24, 2.45) is 0 Å². The summed E-state index contributed by atoms with van der Waals surface area (Å²) in [5, 5.41) is 0. The highest BCUT2D eigenvalue weighted by Crippen LogP contribution is 2.40. The predicted molar refractivity (Wildman–Crippen MR) is 53.2 cm³/mol. The average Bonchev–Trinajstić information content (AvgIpc) is 2.34. The summed E-state index contributed by atoms with van der Waals surface area (Å²) < 4.78 is 80.4. The van der Waals surface area contributed by atoms with E-state index in [4.69, 9.17) is 0 Å². The molecule has 9 heteroatoms. The van der Waals surface area contributed by atoms with Gasteiger partial charge >= 0.3 is 18.3 Å². The zero-order chi connectivity index (χ0) is 15.7. The lowest BCUT2D eigenvalue weighted by molar-refractivity contribution is -0.144. The maximum Gasteiger partial charge on any atom is 0.417 e. The number of carbonyl (C=O) groups excluding carboxylic acids is 2. The molecule has 0 heterocycles. The third-order valence-corrected chi connectivity index (χ3v) is 2.30. The van der Waals surface area contributed by atoms with Crippen molar-refractivity contribution < 1.29 is 40.7 Å². The highest BCUT2D eigenvalue weighted by molar-refractivity contribution is 5.94. The Kier molecular flexibility index (Phi) is 4.11. The highest BCUT2D eigenvalue weighted by atomic mass is 19.4. The van der Waals surface area contributed by atoms with Crippen LogP contribution in [0.4, 0.5) is 26.3 Å². The van der Waals surface area contributed by atoms with Gasteiger partial charge in [0.05, 0.1) is 23.8 Å². The van der Waals surface area contributed by atoms with Crippen molar-refractivity contribution in [3.05, 3.63) is 34.4 Å². The van der Waals surface area contributed by atoms with Gasteiger partial charge in [-0.2, -0.15) is 26.3 Å². The molecule has 110 valence electrons. The van der Waals surface area contributed by atoms with Crippen LogP contribution in [-0.4, -0.2) is 19.4 Å². The van der Waals surface area contributed by atoms with E-state index in [0.29, 0.717) is 7.11 Å². The zero-order valence-corrected chi connectivity index (χ0v) is 9.72. The summed E-state index contributed by atoms with van der Waals surface area (Å²) in [4.78, 5) is 21.7. The van der Waals surface area contributed by atoms with E-state index in [-0.39, 0.29) is 18.4 Å². The summed E-state index contributed by atoms with van der Waals surface area (Å²) in [7, 11) is 0.649. The fourth-order valence-electron chi connectivity index (χ4n) is 1.50. The molecule has 0 fully saturated rings. The molecule has 0 aliphatic heterocycles. The first kappa shape index (κ1) is 16.0. The maximum absolute atomic E-state index is 12.7. The number of hydrogen-bond donors (Lipinski definition) is 0. The van der Waals surface area contributed by atoms with E-state index < -0.39 is 40.6 Å². The van der Waals surface area contributed by atoms with Gasteiger partial charge in [-0.25, -0.2) is 4.79 Å². The molecule has 0 aromatic heterocycles. The first-order chi connectivity index (χ1) is 9.02. The molecule has 1 rings (SSSR count). The largest absolute Gasteiger partial charge is 0.465 e. The van der Waals surface area contributed by atoms with Crippen LogP contribution in [0.5, 0.6) is 0 Å². The Balaban J connectivity index is 3.82. The van der Waals surface area contributed by atoms with Gasteiger partial charge in [0.2, 0.25) is 0 Å². The number of carbonyl (C=O) groups is 2. The van der Waals surface area contributed by atoms with Crippen molar-refractivity contribution in [1.82, 2.24) is 0 Å². The number of benzene rings is 1. The Bertz CT molecular complexity index is 509. The van der Waals surface area contributed by atoms with Crippen LogP contribution in [0.3, 0.4) is 0 Å². The first-order valence-corrected chi connectivity index (χ1v) is 4.88. The number of halogens is 6. The summed E-state index contributed by atoms with van der Waals surface area (Å²) >= 11 is 0. The monoisotopic (exact) mass is 300 g/mol. The van der Waals surface area contributed by atoms with Gasteiger partial charge in [-0.3, -0.25) is 4.79 Å². The van der Waals surface area contributed by atoms with E-state index in [1.165, 1.54) is 0 Å². The van der Waals surface area contributed by atoms with Crippen molar-refractivity contribution in [2.45, 2.75) is 12.4 Å². The van der Waals surface area contributed by atoms with Crippen LogP contribution in [0, 0.1) is 0 Å². The second-order valence-corrected chi connectivity index (χ2v) is 3.60. The molecule has 0 spiro atoms. The van der Waals surface area contributed by atoms with Crippen LogP contribution >= 0.6 is 0 Å². The summed E-state index contributed by atoms with van der Waals surface area (Å²) in [6, 6.07) is 0.322. The second kappa shape index (κ2) is 5.14. The van der Waals surface area contributed by atoms with Crippen LogP contribution < -0.4 is 0 Å². The molecule has 0 saturated heterocycles. The molecular weight excluding hydrogens is 294 g/mol. The van der Waals surface area contributed by atoms with Gasteiger partial charge in [0.15, 0.2) is 0 Å². The van der Waals surface area contributed by atoms with Crippen molar-refractivity contribution in [3.63, 3.8) is 0 Å². The molecule has 0 saturated carbocycles. The molecule has 0 N–H and O–H groups in total. The van der Waals surface area contributed by atoms with E-state index in [2.05, 4.69) is 4.74 Å². The third kappa shape index (κ3) is 3.09. The van der Waals surface area contributed by atoms with Crippen LogP contribution in [0.2, 0.25) is 0 Å². The maximum atomic E-state index is 12.7. The van der Waals surface area contributed by atoms with Crippen LogP contribution in [-0.2, 0) is 17.1 Å². The lowest BCUT2D eigenvalue weighted by Crippen LogP contribution is -2.21. The molecule has 3 nitrogen and oxygen atoms in total. The molecular formula is C11H6F6O3. The van der Waals surface area contributed by atoms with Crippen LogP contribution in [0.25, 0.3) is 0 Å². The number of ether oxygens (including phenoxy) is 1. The fourth-order valence-corrected chi connectivity index (χ4v) is 1.50. The number of aldehydes is 1. The van der Waals surface area contributed by atoms with Gasteiger partial charge in [0, 0.05) is 5.56 Å². The van der Waals surface area contributed by atoms with Crippen molar-refractivity contribution in [2.75, 3.05) is 7.11 Å². The van der Waals surface area contributed by atoms with E-state index in [0.717, 1.165) is 0 Å². The SMILES string of the molecule is COC(=O)c1c(C(F)(F)F)cc(C=O)cc1C(F)(F)F. The molecule has 0 radical (unpaired) electrons. The lowest BCUT2D eigenvalue weighted by atomic mass is 9.97. The van der Waals surface area contributed by atoms with Gasteiger partial charge in [-0.1, -0.05) is 0 Å². The summed E-state index contributed by atoms with van der Waals surface area (Å²) in [6.45, 7) is 0. The Morgan fingerprint density at radius 2 is 1.45 bits per heavy atom. The first-order valence-electron chi connectivity index (χ1n) is 4.88. The molecule has 1 aromatic carbocycles. The quantitative estimate of drug-likeness (QED) is 0.478. The number of alkyl halides is 6. The van der Waals surface area contributed by atoms with Gasteiger partial charge in [-0.05, 0) is 12.1 Å². The average molecular weight is 300 g/mol. The number of rotatable bonds is 2. The predicted octanol–water partition coefficient (Wildman–Crippen LogP) is 3.32. The van der Waals surface area contributed by atoms with E-state index in [1.54, 1.807) is 0 Å². The molecule has 20 heavy (non-hydrogen) atoms. The van der Waals surface area contributed by atoms with Crippen LogP contribution in [0.15, 0.2) is 12.1 Å². The minimum Gasteiger partial charge on any atom is -0.465 e. The molecule has 0 atom stereocenters. The standard InChI is InChI=1S/C11H6F6O3/c1-20-9(19)8-6(10(12,13)14)2-5(4-18)3-7(8)11(15,16)17/h2-4H,1H3. The minimum atomic E-state index is -5.25. The Hall–Kier alpha value is -2.06. The topological polar surface area (TPSA) is 43.4 Å². The van der Waals surface area contributed by atoms with Gasteiger partial charge < -0.3 is 4.74 Å². The normalized spacial score (nSPS) is 12.2. The van der Waals surface area contributed by atoms with E-state index >= 15 is 0 Å². The fraction of sp³-hybridized carbons (Fsp3) is 0.273. The number of hydrogen-bond acceptors (Lipinski definition) is 3. The van der Waals surface area contributed by atoms with E-state index in [1.807, 2.05) is 0 Å². The molecule has 0 bridgehead atoms. The third-order valence-electron chi connectivity index (χ3n) is 2.30. The van der Waals surface area contributed by atoms with Gasteiger partial charge in [0.1, 0.15) is 6.29 Å². The number of esters is 1. The second-order valence-electron chi connectivity index (χ2n) is 3.60. The Morgan fingerprint density at radius 1 is 1.05 bits per heavy atom. The highest BCUT2D eigenvalue weighted by Gasteiger charge is 2.44.